The lowest BCUT2D eigenvalue weighted by atomic mass is 9.94. The van der Waals surface area contributed by atoms with Crippen LogP contribution in [-0.4, -0.2) is 22.8 Å². The van der Waals surface area contributed by atoms with E-state index in [1.165, 1.54) is 0 Å². The zero-order chi connectivity index (χ0) is 56.3. The highest BCUT2D eigenvalue weighted by atomic mass is 16.3. The molecule has 398 valence electrons. The number of rotatable bonds is 6. The summed E-state index contributed by atoms with van der Waals surface area (Å²) in [5, 5.41) is 24.0. The van der Waals surface area contributed by atoms with Gasteiger partial charge in [-0.3, -0.25) is 0 Å². The Balaban J connectivity index is 1.21. The number of nitrogens with zero attached hydrogens (tertiary/aromatic N) is 6. The maximum absolute atomic E-state index is 10.7. The zero-order valence-electron chi connectivity index (χ0n) is 46.1. The summed E-state index contributed by atoms with van der Waals surface area (Å²) in [6, 6.07) is 104. The molecule has 6 heterocycles. The minimum Gasteiger partial charge on any atom is -0.455 e. The van der Waals surface area contributed by atoms with Crippen LogP contribution in [0.2, 0.25) is 0 Å². The number of aromatic nitrogens is 5. The molecule has 0 amide bonds. The number of hydrogen-bond acceptors (Lipinski definition) is 2. The molecule has 7 heteroatoms. The van der Waals surface area contributed by atoms with Gasteiger partial charge in [0.1, 0.15) is 11.2 Å². The van der Waals surface area contributed by atoms with E-state index in [0.717, 1.165) is 171 Å². The highest BCUT2D eigenvalue weighted by Gasteiger charge is 2.37. The van der Waals surface area contributed by atoms with Gasteiger partial charge in [0.25, 0.3) is 0 Å². The fourth-order valence-electron chi connectivity index (χ4n) is 14.9. The van der Waals surface area contributed by atoms with Crippen LogP contribution in [0.5, 0.6) is 0 Å². The average molecular weight is 1100 g/mol. The standard InChI is InChI=1S/C79H46N6O/c80-47-48-41-43-49(44-42-48)72-74(81-61-31-11-1-21-50(61)51-22-2-12-32-62(51)81)76(83-65-35-15-5-25-54(65)55-26-6-16-36-66(55)83)78(85-69-39-19-9-30-60(69)73-70(85)46-45-59-58-29-10-20-40-71(58)86-79(59)73)77(84-67-37-17-7-27-56(67)57-28-8-18-38-68(57)84)75(72)82-63-33-13-3-23-52(63)53-24-4-14-34-64(53)82/h1-46H. The van der Waals surface area contributed by atoms with Gasteiger partial charge in [0, 0.05) is 64.8 Å². The summed E-state index contributed by atoms with van der Waals surface area (Å²) in [6.07, 6.45) is 0. The fraction of sp³-hybridized carbons (Fsp3) is 0. The van der Waals surface area contributed by atoms with E-state index >= 15 is 0 Å². The third-order valence-electron chi connectivity index (χ3n) is 18.3. The van der Waals surface area contributed by atoms with E-state index in [4.69, 9.17) is 4.42 Å². The monoisotopic (exact) mass is 1090 g/mol. The van der Waals surface area contributed by atoms with Gasteiger partial charge in [-0.15, -0.1) is 0 Å². The van der Waals surface area contributed by atoms with Crippen LogP contribution >= 0.6 is 0 Å². The number of hydrogen-bond donors (Lipinski definition) is 0. The van der Waals surface area contributed by atoms with Gasteiger partial charge in [0.05, 0.1) is 101 Å². The summed E-state index contributed by atoms with van der Waals surface area (Å²) in [6.45, 7) is 0. The van der Waals surface area contributed by atoms with Crippen molar-refractivity contribution in [2.45, 2.75) is 0 Å². The van der Waals surface area contributed by atoms with Crippen LogP contribution in [0.4, 0.5) is 0 Å². The molecule has 19 rings (SSSR count). The zero-order valence-corrected chi connectivity index (χ0v) is 46.1. The van der Waals surface area contributed by atoms with Crippen LogP contribution in [0.1, 0.15) is 5.56 Å². The molecule has 0 N–H and O–H groups in total. The van der Waals surface area contributed by atoms with E-state index < -0.39 is 0 Å². The van der Waals surface area contributed by atoms with Crippen LogP contribution in [0.25, 0.3) is 171 Å². The molecule has 0 fully saturated rings. The molecule has 6 aromatic heterocycles. The number of furan rings is 1. The van der Waals surface area contributed by atoms with Crippen molar-refractivity contribution in [2.75, 3.05) is 0 Å². The van der Waals surface area contributed by atoms with Crippen molar-refractivity contribution < 1.29 is 4.42 Å². The average Bonchev–Trinajstić information content (AvgIpc) is 1.49. The second-order valence-electron chi connectivity index (χ2n) is 22.6. The maximum Gasteiger partial charge on any atom is 0.145 e. The SMILES string of the molecule is N#Cc1ccc(-c2c(-n3c4ccccc4c4ccccc43)c(-n3c4ccccc4c4ccccc43)c(-n3c4ccccc4c4c5oc6ccccc6c5ccc43)c(-n3c4ccccc4c4ccccc43)c2-n2c3ccccc3c3ccccc32)cc1. The Morgan fingerprint density at radius 2 is 0.535 bits per heavy atom. The van der Waals surface area contributed by atoms with Crippen molar-refractivity contribution in [2.24, 2.45) is 0 Å². The van der Waals surface area contributed by atoms with Gasteiger partial charge in [0.15, 0.2) is 0 Å². The summed E-state index contributed by atoms with van der Waals surface area (Å²) >= 11 is 0. The largest absolute Gasteiger partial charge is 0.455 e. The lowest BCUT2D eigenvalue weighted by Crippen LogP contribution is -2.18. The van der Waals surface area contributed by atoms with E-state index in [1.54, 1.807) is 0 Å². The first kappa shape index (κ1) is 46.7. The summed E-state index contributed by atoms with van der Waals surface area (Å²) in [7, 11) is 0. The Morgan fingerprint density at radius 1 is 0.244 bits per heavy atom. The van der Waals surface area contributed by atoms with Crippen LogP contribution < -0.4 is 0 Å². The first-order valence-corrected chi connectivity index (χ1v) is 29.2. The maximum atomic E-state index is 10.7. The second-order valence-corrected chi connectivity index (χ2v) is 22.6. The van der Waals surface area contributed by atoms with Gasteiger partial charge >= 0.3 is 0 Å². The van der Waals surface area contributed by atoms with Gasteiger partial charge in [-0.05, 0) is 90.5 Å². The molecule has 0 aliphatic rings. The van der Waals surface area contributed by atoms with E-state index in [9.17, 15) is 5.26 Å². The summed E-state index contributed by atoms with van der Waals surface area (Å²) < 4.78 is 20.0. The van der Waals surface area contributed by atoms with Crippen molar-refractivity contribution >= 4 is 131 Å². The normalized spacial score (nSPS) is 12.2. The lowest BCUT2D eigenvalue weighted by Gasteiger charge is -2.32. The van der Waals surface area contributed by atoms with Crippen LogP contribution in [-0.2, 0) is 0 Å². The topological polar surface area (TPSA) is 61.6 Å². The van der Waals surface area contributed by atoms with Crippen LogP contribution in [0.3, 0.4) is 0 Å². The van der Waals surface area contributed by atoms with Crippen molar-refractivity contribution in [1.29, 1.82) is 5.26 Å². The molecule has 13 aromatic carbocycles. The van der Waals surface area contributed by atoms with Gasteiger partial charge in [-0.2, -0.15) is 5.26 Å². The van der Waals surface area contributed by atoms with E-state index in [1.807, 2.05) is 12.1 Å². The van der Waals surface area contributed by atoms with Crippen molar-refractivity contribution in [3.8, 4) is 45.6 Å². The number of para-hydroxylation sites is 10. The lowest BCUT2D eigenvalue weighted by molar-refractivity contribution is 0.673. The van der Waals surface area contributed by atoms with Crippen LogP contribution in [0.15, 0.2) is 283 Å². The highest BCUT2D eigenvalue weighted by Crippen LogP contribution is 2.55. The highest BCUT2D eigenvalue weighted by molar-refractivity contribution is 6.25. The molecule has 0 spiro atoms. The molecule has 0 saturated heterocycles. The smallest absolute Gasteiger partial charge is 0.145 e. The van der Waals surface area contributed by atoms with E-state index in [2.05, 4.69) is 296 Å². The predicted molar refractivity (Wildman–Crippen MR) is 356 cm³/mol. The molecule has 19 aromatic rings. The molecular formula is C79H46N6O. The third kappa shape index (κ3) is 6.18. The van der Waals surface area contributed by atoms with Crippen LogP contribution in [0, 0.1) is 11.3 Å². The Bertz CT molecular complexity index is 5700. The molecule has 0 aliphatic carbocycles. The van der Waals surface area contributed by atoms with Crippen molar-refractivity contribution in [1.82, 2.24) is 22.8 Å². The second kappa shape index (κ2) is 17.6. The number of fused-ring (bicyclic) bond motifs is 19. The molecule has 0 atom stereocenters. The van der Waals surface area contributed by atoms with Gasteiger partial charge < -0.3 is 27.3 Å². The Labute approximate surface area is 491 Å². The van der Waals surface area contributed by atoms with Crippen molar-refractivity contribution in [3.05, 3.63) is 285 Å². The number of nitriles is 1. The summed E-state index contributed by atoms with van der Waals surface area (Å²) in [4.78, 5) is 0. The summed E-state index contributed by atoms with van der Waals surface area (Å²) in [5.74, 6) is 0. The van der Waals surface area contributed by atoms with Crippen molar-refractivity contribution in [3.63, 3.8) is 0 Å². The Hall–Kier alpha value is -11.9. The molecule has 86 heavy (non-hydrogen) atoms. The predicted octanol–water partition coefficient (Wildman–Crippen LogP) is 20.6. The summed E-state index contributed by atoms with van der Waals surface area (Å²) in [5.41, 5.74) is 19.5. The minimum absolute atomic E-state index is 0.578. The molecule has 0 unspecified atom stereocenters. The number of benzene rings is 13. The molecule has 0 saturated carbocycles. The molecule has 7 nitrogen and oxygen atoms in total. The minimum atomic E-state index is 0.578. The quantitative estimate of drug-likeness (QED) is 0.167. The Morgan fingerprint density at radius 3 is 0.907 bits per heavy atom. The first-order chi connectivity index (χ1) is 42.7. The molecule has 0 radical (unpaired) electrons. The van der Waals surface area contributed by atoms with Gasteiger partial charge in [0.2, 0.25) is 0 Å². The van der Waals surface area contributed by atoms with Gasteiger partial charge in [-0.25, -0.2) is 0 Å². The van der Waals surface area contributed by atoms with E-state index in [0.29, 0.717) is 5.56 Å². The molecule has 0 aliphatic heterocycles. The fourth-order valence-corrected chi connectivity index (χ4v) is 14.9. The Kier molecular flexibility index (Phi) is 9.55. The van der Waals surface area contributed by atoms with Gasteiger partial charge in [-0.1, -0.05) is 194 Å². The van der Waals surface area contributed by atoms with E-state index in [-0.39, 0.29) is 0 Å². The third-order valence-corrected chi connectivity index (χ3v) is 18.3. The molecule has 0 bridgehead atoms. The first-order valence-electron chi connectivity index (χ1n) is 29.2. The molecular weight excluding hydrogens is 1050 g/mol.